The van der Waals surface area contributed by atoms with Crippen LogP contribution in [0.4, 0.5) is 18.9 Å². The quantitative estimate of drug-likeness (QED) is 0.711. The zero-order valence-electron chi connectivity index (χ0n) is 16.8. The van der Waals surface area contributed by atoms with E-state index in [1.807, 2.05) is 30.3 Å². The molecule has 1 aliphatic rings. The Balaban J connectivity index is 1.83. The molecule has 10 heteroatoms. The van der Waals surface area contributed by atoms with Crippen LogP contribution in [0.5, 0.6) is 0 Å². The minimum atomic E-state index is -5.13. The van der Waals surface area contributed by atoms with E-state index in [4.69, 9.17) is 0 Å². The van der Waals surface area contributed by atoms with Gasteiger partial charge >= 0.3 is 12.1 Å². The van der Waals surface area contributed by atoms with Gasteiger partial charge in [-0.1, -0.05) is 18.2 Å². The van der Waals surface area contributed by atoms with E-state index in [2.05, 4.69) is 14.6 Å². The lowest BCUT2D eigenvalue weighted by molar-refractivity contribution is -0.291. The number of nitrogens with zero attached hydrogens (tertiary/aromatic N) is 4. The SMILES string of the molecule is COC(=O)C(CN1CCN(c2ccccc2)CC1)C(O)(c1nccn1C)C(F)(F)F. The molecule has 3 rings (SSSR count). The van der Waals surface area contributed by atoms with Gasteiger partial charge in [0.05, 0.1) is 7.11 Å². The number of esters is 1. The number of halogens is 3. The first-order valence-electron chi connectivity index (χ1n) is 9.55. The number of alkyl halides is 3. The predicted molar refractivity (Wildman–Crippen MR) is 104 cm³/mol. The van der Waals surface area contributed by atoms with Gasteiger partial charge in [-0.25, -0.2) is 4.98 Å². The van der Waals surface area contributed by atoms with Crippen LogP contribution in [0.1, 0.15) is 5.82 Å². The highest BCUT2D eigenvalue weighted by atomic mass is 19.4. The molecule has 0 bridgehead atoms. The van der Waals surface area contributed by atoms with Crippen molar-refractivity contribution in [3.63, 3.8) is 0 Å². The minimum absolute atomic E-state index is 0.307. The van der Waals surface area contributed by atoms with Crippen LogP contribution in [0, 0.1) is 5.92 Å². The van der Waals surface area contributed by atoms with Crippen molar-refractivity contribution >= 4 is 11.7 Å². The van der Waals surface area contributed by atoms with Gasteiger partial charge in [0.25, 0.3) is 0 Å². The number of piperazine rings is 1. The Morgan fingerprint density at radius 1 is 1.20 bits per heavy atom. The van der Waals surface area contributed by atoms with Gasteiger partial charge in [0.1, 0.15) is 5.92 Å². The Morgan fingerprint density at radius 2 is 1.83 bits per heavy atom. The summed E-state index contributed by atoms with van der Waals surface area (Å²) < 4.78 is 48.0. The lowest BCUT2D eigenvalue weighted by atomic mass is 9.84. The van der Waals surface area contributed by atoms with Gasteiger partial charge in [-0.15, -0.1) is 0 Å². The second-order valence-electron chi connectivity index (χ2n) is 7.32. The molecule has 2 atom stereocenters. The zero-order chi connectivity index (χ0) is 21.9. The molecule has 2 unspecified atom stereocenters. The monoisotopic (exact) mass is 426 g/mol. The Kier molecular flexibility index (Phi) is 6.37. The summed E-state index contributed by atoms with van der Waals surface area (Å²) in [7, 11) is 2.35. The van der Waals surface area contributed by atoms with E-state index in [9.17, 15) is 23.1 Å². The van der Waals surface area contributed by atoms with E-state index in [0.717, 1.165) is 23.6 Å². The fourth-order valence-electron chi connectivity index (χ4n) is 3.82. The minimum Gasteiger partial charge on any atom is -0.469 e. The van der Waals surface area contributed by atoms with Crippen LogP contribution in [0.25, 0.3) is 0 Å². The third-order valence-corrected chi connectivity index (χ3v) is 5.52. The number of hydrogen-bond acceptors (Lipinski definition) is 6. The number of carbonyl (C=O) groups excluding carboxylic acids is 1. The van der Waals surface area contributed by atoms with Crippen LogP contribution in [0.3, 0.4) is 0 Å². The number of rotatable bonds is 6. The Morgan fingerprint density at radius 3 is 2.33 bits per heavy atom. The fourth-order valence-corrected chi connectivity index (χ4v) is 3.82. The summed E-state index contributed by atoms with van der Waals surface area (Å²) in [4.78, 5) is 20.0. The molecule has 0 amide bonds. The molecule has 1 fully saturated rings. The highest BCUT2D eigenvalue weighted by Gasteiger charge is 2.65. The van der Waals surface area contributed by atoms with Gasteiger partial charge in [0, 0.05) is 57.9 Å². The lowest BCUT2D eigenvalue weighted by Gasteiger charge is -2.41. The Bertz CT molecular complexity index is 850. The summed E-state index contributed by atoms with van der Waals surface area (Å²) in [5, 5.41) is 10.9. The first kappa shape index (κ1) is 22.1. The third-order valence-electron chi connectivity index (χ3n) is 5.52. The summed E-state index contributed by atoms with van der Waals surface area (Å²) in [6.45, 7) is 1.75. The zero-order valence-corrected chi connectivity index (χ0v) is 16.8. The summed E-state index contributed by atoms with van der Waals surface area (Å²) >= 11 is 0. The van der Waals surface area contributed by atoms with E-state index in [-0.39, 0.29) is 6.54 Å². The van der Waals surface area contributed by atoms with Crippen molar-refractivity contribution in [1.29, 1.82) is 0 Å². The van der Waals surface area contributed by atoms with Crippen LogP contribution in [0.2, 0.25) is 0 Å². The number of carbonyl (C=O) groups is 1. The normalized spacial score (nSPS) is 18.7. The maximum atomic E-state index is 14.1. The summed E-state index contributed by atoms with van der Waals surface area (Å²) in [6.07, 6.45) is -2.69. The van der Waals surface area contributed by atoms with E-state index in [0.29, 0.717) is 26.2 Å². The molecule has 7 nitrogen and oxygen atoms in total. The van der Waals surface area contributed by atoms with E-state index < -0.39 is 29.5 Å². The lowest BCUT2D eigenvalue weighted by Crippen LogP contribution is -2.58. The van der Waals surface area contributed by atoms with Crippen molar-refractivity contribution < 1.29 is 27.8 Å². The standard InChI is InChI=1S/C20H25F3N4O3/c1-25-9-8-24-18(25)19(29,20(21,22)23)16(17(28)30-2)14-26-10-12-27(13-11-26)15-6-4-3-5-7-15/h3-9,16,29H,10-14H2,1-2H3. The highest BCUT2D eigenvalue weighted by Crippen LogP contribution is 2.44. The number of aromatic nitrogens is 2. The number of anilines is 1. The molecule has 1 aliphatic heterocycles. The number of ether oxygens (including phenoxy) is 1. The summed E-state index contributed by atoms with van der Waals surface area (Å²) in [5.74, 6) is -3.66. The average molecular weight is 426 g/mol. The van der Waals surface area contributed by atoms with Crippen LogP contribution in [0.15, 0.2) is 42.7 Å². The van der Waals surface area contributed by atoms with Crippen molar-refractivity contribution in [3.05, 3.63) is 48.5 Å². The van der Waals surface area contributed by atoms with Gasteiger partial charge in [-0.3, -0.25) is 9.69 Å². The number of aliphatic hydroxyl groups is 1. The molecule has 2 heterocycles. The number of aryl methyl sites for hydroxylation is 1. The predicted octanol–water partition coefficient (Wildman–Crippen LogP) is 1.78. The van der Waals surface area contributed by atoms with Crippen LogP contribution >= 0.6 is 0 Å². The number of methoxy groups -OCH3 is 1. The van der Waals surface area contributed by atoms with Crippen molar-refractivity contribution in [2.24, 2.45) is 13.0 Å². The third kappa shape index (κ3) is 4.15. The molecule has 1 aromatic heterocycles. The van der Waals surface area contributed by atoms with Crippen LogP contribution in [-0.4, -0.2) is 71.5 Å². The van der Waals surface area contributed by atoms with E-state index in [1.54, 1.807) is 4.90 Å². The van der Waals surface area contributed by atoms with Gasteiger partial charge in [-0.2, -0.15) is 13.2 Å². The number of imidazole rings is 1. The first-order valence-corrected chi connectivity index (χ1v) is 9.55. The van der Waals surface area contributed by atoms with Crippen molar-refractivity contribution in [3.8, 4) is 0 Å². The van der Waals surface area contributed by atoms with Crippen molar-refractivity contribution in [1.82, 2.24) is 14.5 Å². The maximum absolute atomic E-state index is 14.1. The number of benzene rings is 1. The molecular formula is C20H25F3N4O3. The molecule has 1 saturated heterocycles. The highest BCUT2D eigenvalue weighted by molar-refractivity contribution is 5.74. The van der Waals surface area contributed by atoms with Gasteiger partial charge in [0.15, 0.2) is 5.82 Å². The van der Waals surface area contributed by atoms with Gasteiger partial charge in [0.2, 0.25) is 5.60 Å². The molecule has 164 valence electrons. The van der Waals surface area contributed by atoms with Crippen molar-refractivity contribution in [2.75, 3.05) is 44.7 Å². The molecule has 1 N–H and O–H groups in total. The summed E-state index contributed by atoms with van der Waals surface area (Å²) in [5.41, 5.74) is -2.45. The summed E-state index contributed by atoms with van der Waals surface area (Å²) in [6, 6.07) is 9.69. The van der Waals surface area contributed by atoms with Crippen LogP contribution in [-0.2, 0) is 22.2 Å². The Labute approximate surface area is 172 Å². The molecule has 0 aliphatic carbocycles. The molecule has 1 aromatic carbocycles. The smallest absolute Gasteiger partial charge is 0.425 e. The van der Waals surface area contributed by atoms with E-state index in [1.165, 1.54) is 13.2 Å². The number of hydrogen-bond donors (Lipinski definition) is 1. The van der Waals surface area contributed by atoms with Gasteiger partial charge < -0.3 is 19.3 Å². The fraction of sp³-hybridized carbons (Fsp3) is 0.500. The Hall–Kier alpha value is -2.59. The van der Waals surface area contributed by atoms with Crippen LogP contribution < -0.4 is 4.90 Å². The molecule has 30 heavy (non-hydrogen) atoms. The molecular weight excluding hydrogens is 401 g/mol. The van der Waals surface area contributed by atoms with Gasteiger partial charge in [-0.05, 0) is 12.1 Å². The molecule has 2 aromatic rings. The molecule has 0 radical (unpaired) electrons. The largest absolute Gasteiger partial charge is 0.469 e. The van der Waals surface area contributed by atoms with E-state index >= 15 is 0 Å². The van der Waals surface area contributed by atoms with Crippen molar-refractivity contribution in [2.45, 2.75) is 11.8 Å². The molecule has 0 saturated carbocycles. The second kappa shape index (κ2) is 8.65. The number of para-hydroxylation sites is 1. The second-order valence-corrected chi connectivity index (χ2v) is 7.32. The maximum Gasteiger partial charge on any atom is 0.425 e. The molecule has 0 spiro atoms. The first-order chi connectivity index (χ1) is 14.2. The average Bonchev–Trinajstić information content (AvgIpc) is 3.17. The topological polar surface area (TPSA) is 70.8 Å².